The van der Waals surface area contributed by atoms with Crippen LogP contribution in [0.2, 0.25) is 0 Å². The van der Waals surface area contributed by atoms with Crippen LogP contribution in [0.3, 0.4) is 0 Å². The van der Waals surface area contributed by atoms with E-state index in [-0.39, 0.29) is 0 Å². The average molecular weight is 422 g/mol. The highest BCUT2D eigenvalue weighted by molar-refractivity contribution is 7.80. The van der Waals surface area contributed by atoms with Gasteiger partial charge in [0.25, 0.3) is 0 Å². The van der Waals surface area contributed by atoms with E-state index in [0.29, 0.717) is 0 Å². The van der Waals surface area contributed by atoms with Crippen molar-refractivity contribution in [1.29, 1.82) is 0 Å². The van der Waals surface area contributed by atoms with Crippen molar-refractivity contribution in [2.75, 3.05) is 13.2 Å². The summed E-state index contributed by atoms with van der Waals surface area (Å²) in [4.78, 5) is 0. The van der Waals surface area contributed by atoms with E-state index >= 15 is 0 Å². The van der Waals surface area contributed by atoms with E-state index in [1.807, 2.05) is 0 Å². The second-order valence-corrected chi connectivity index (χ2v) is 7.07. The third-order valence-corrected chi connectivity index (χ3v) is 4.65. The van der Waals surface area contributed by atoms with E-state index in [1.54, 1.807) is 0 Å². The Kier molecular flexibility index (Phi) is 7.47. The zero-order valence-electron chi connectivity index (χ0n) is 13.6. The molecule has 2 fully saturated rings. The minimum Gasteiger partial charge on any atom is -0.394 e. The lowest BCUT2D eigenvalue weighted by Gasteiger charge is -2.45. The van der Waals surface area contributed by atoms with Crippen molar-refractivity contribution in [3.05, 3.63) is 0 Å². The quantitative estimate of drug-likeness (QED) is 0.186. The second-order valence-electron chi connectivity index (χ2n) is 6.02. The van der Waals surface area contributed by atoms with Crippen molar-refractivity contribution in [2.45, 2.75) is 61.4 Å². The molecule has 0 bridgehead atoms. The van der Waals surface area contributed by atoms with Crippen LogP contribution in [0.25, 0.3) is 0 Å². The van der Waals surface area contributed by atoms with E-state index in [0.717, 1.165) is 0 Å². The Balaban J connectivity index is 2.22. The maximum absolute atomic E-state index is 10.9. The van der Waals surface area contributed by atoms with Crippen molar-refractivity contribution in [1.82, 2.24) is 0 Å². The summed E-state index contributed by atoms with van der Waals surface area (Å²) in [6.07, 6.45) is -17.8. The first kappa shape index (κ1) is 22.8. The Hall–Kier alpha value is -0.530. The molecule has 0 aromatic heterocycles. The molecule has 0 aliphatic carbocycles. The molecule has 2 aliphatic heterocycles. The van der Waals surface area contributed by atoms with Crippen LogP contribution in [0.15, 0.2) is 0 Å². The fraction of sp³-hybridized carbons (Fsp3) is 1.00. The SMILES string of the molecule is O=S(=O)(O)O[C@H]1[C@@H](O)[C@@H](CO)O[C@@H](O[C@@H]2[C@H](O)[C@@H](O)C(O)O[C@@H]2CO)[C@@H]1O. The second kappa shape index (κ2) is 8.87. The maximum atomic E-state index is 10.9. The lowest BCUT2D eigenvalue weighted by molar-refractivity contribution is -0.353. The van der Waals surface area contributed by atoms with Gasteiger partial charge in [0.15, 0.2) is 12.6 Å². The molecule has 1 unspecified atom stereocenters. The summed E-state index contributed by atoms with van der Waals surface area (Å²) in [7, 11) is -5.12. The Morgan fingerprint density at radius 1 is 0.778 bits per heavy atom. The van der Waals surface area contributed by atoms with Gasteiger partial charge in [-0.2, -0.15) is 8.42 Å². The highest BCUT2D eigenvalue weighted by Gasteiger charge is 2.51. The van der Waals surface area contributed by atoms with Gasteiger partial charge in [-0.1, -0.05) is 0 Å². The highest BCUT2D eigenvalue weighted by atomic mass is 32.3. The third kappa shape index (κ3) is 5.10. The smallest absolute Gasteiger partial charge is 0.394 e. The predicted octanol–water partition coefficient (Wildman–Crippen LogP) is -5.57. The van der Waals surface area contributed by atoms with E-state index in [9.17, 15) is 44.2 Å². The summed E-state index contributed by atoms with van der Waals surface area (Å²) in [5.41, 5.74) is 0. The van der Waals surface area contributed by atoms with Crippen LogP contribution in [-0.2, 0) is 28.8 Å². The molecule has 0 aromatic carbocycles. The van der Waals surface area contributed by atoms with Crippen LogP contribution in [0, 0.1) is 0 Å². The van der Waals surface area contributed by atoms with Gasteiger partial charge in [0.1, 0.15) is 48.8 Å². The molecule has 27 heavy (non-hydrogen) atoms. The van der Waals surface area contributed by atoms with E-state index in [1.165, 1.54) is 0 Å². The molecular formula is C12H22O14S. The number of hydrogen-bond acceptors (Lipinski definition) is 13. The number of aliphatic hydroxyl groups excluding tert-OH is 7. The predicted molar refractivity (Wildman–Crippen MR) is 79.0 cm³/mol. The largest absolute Gasteiger partial charge is 0.397 e. The highest BCUT2D eigenvalue weighted by Crippen LogP contribution is 2.30. The molecule has 10 atom stereocenters. The van der Waals surface area contributed by atoms with Gasteiger partial charge in [-0.25, -0.2) is 4.18 Å². The molecular weight excluding hydrogens is 400 g/mol. The van der Waals surface area contributed by atoms with Crippen molar-refractivity contribution >= 4 is 10.4 Å². The zero-order chi connectivity index (χ0) is 20.5. The molecule has 0 aromatic rings. The fourth-order valence-corrected chi connectivity index (χ4v) is 3.32. The van der Waals surface area contributed by atoms with Crippen molar-refractivity contribution < 1.29 is 67.1 Å². The van der Waals surface area contributed by atoms with Crippen LogP contribution in [-0.4, -0.2) is 123 Å². The van der Waals surface area contributed by atoms with Crippen molar-refractivity contribution in [3.8, 4) is 0 Å². The average Bonchev–Trinajstić information content (AvgIpc) is 2.59. The van der Waals surface area contributed by atoms with Crippen LogP contribution in [0.4, 0.5) is 0 Å². The molecule has 160 valence electrons. The van der Waals surface area contributed by atoms with Crippen molar-refractivity contribution in [3.63, 3.8) is 0 Å². The van der Waals surface area contributed by atoms with E-state index in [2.05, 4.69) is 4.18 Å². The topological polar surface area (TPSA) is 233 Å². The van der Waals surface area contributed by atoms with Gasteiger partial charge in [-0.05, 0) is 0 Å². The van der Waals surface area contributed by atoms with Gasteiger partial charge >= 0.3 is 10.4 Å². The summed E-state index contributed by atoms with van der Waals surface area (Å²) in [5, 5.41) is 67.8. The Morgan fingerprint density at radius 2 is 1.37 bits per heavy atom. The minimum atomic E-state index is -5.12. The van der Waals surface area contributed by atoms with Crippen LogP contribution in [0.5, 0.6) is 0 Å². The zero-order valence-corrected chi connectivity index (χ0v) is 14.4. The number of rotatable bonds is 6. The van der Waals surface area contributed by atoms with Gasteiger partial charge < -0.3 is 50.0 Å². The molecule has 14 nitrogen and oxygen atoms in total. The Labute approximate surface area is 153 Å². The minimum absolute atomic E-state index is 0.786. The molecule has 0 spiro atoms. The first-order valence-electron chi connectivity index (χ1n) is 7.74. The Morgan fingerprint density at radius 3 is 1.89 bits per heavy atom. The van der Waals surface area contributed by atoms with E-state index < -0.39 is 85.0 Å². The number of hydrogen-bond donors (Lipinski definition) is 8. The lowest BCUT2D eigenvalue weighted by atomic mass is 9.97. The van der Waals surface area contributed by atoms with Gasteiger partial charge in [0.2, 0.25) is 0 Å². The molecule has 15 heteroatoms. The standard InChI is InChI=1S/C12H22O14S/c13-1-3-5(15)10(26-27(20,21)22)8(18)12(24-3)25-9-4(2-14)23-11(19)7(17)6(9)16/h3-19H,1-2H2,(H,20,21,22)/t3-,4-,5+,6-,7-,8-,9+,10+,11?,12+/m1/s1. The van der Waals surface area contributed by atoms with Gasteiger partial charge in [-0.3, -0.25) is 4.55 Å². The number of aliphatic hydroxyl groups is 7. The lowest BCUT2D eigenvalue weighted by Crippen LogP contribution is -2.65. The summed E-state index contributed by atoms with van der Waals surface area (Å²) in [6, 6.07) is 0. The molecule has 2 saturated heterocycles. The molecule has 0 radical (unpaired) electrons. The summed E-state index contributed by atoms with van der Waals surface area (Å²) in [5.74, 6) is 0. The third-order valence-electron chi connectivity index (χ3n) is 4.19. The molecule has 2 rings (SSSR count). The normalized spacial score (nSPS) is 46.4. The Bertz CT molecular complexity index is 583. The maximum Gasteiger partial charge on any atom is 0.397 e. The number of ether oxygens (including phenoxy) is 3. The summed E-state index contributed by atoms with van der Waals surface area (Å²) >= 11 is 0. The van der Waals surface area contributed by atoms with Crippen LogP contribution in [0.1, 0.15) is 0 Å². The van der Waals surface area contributed by atoms with Gasteiger partial charge in [0, 0.05) is 0 Å². The first-order chi connectivity index (χ1) is 12.5. The molecule has 8 N–H and O–H groups in total. The monoisotopic (exact) mass is 422 g/mol. The summed E-state index contributed by atoms with van der Waals surface area (Å²) < 4.78 is 50.0. The molecule has 2 aliphatic rings. The van der Waals surface area contributed by atoms with Crippen molar-refractivity contribution in [2.24, 2.45) is 0 Å². The summed E-state index contributed by atoms with van der Waals surface area (Å²) in [6.45, 7) is -1.65. The van der Waals surface area contributed by atoms with E-state index in [4.69, 9.17) is 18.8 Å². The first-order valence-corrected chi connectivity index (χ1v) is 9.10. The fourth-order valence-electron chi connectivity index (χ4n) is 2.81. The molecule has 0 amide bonds. The van der Waals surface area contributed by atoms with Gasteiger partial charge in [0.05, 0.1) is 13.2 Å². The van der Waals surface area contributed by atoms with Crippen LogP contribution < -0.4 is 0 Å². The van der Waals surface area contributed by atoms with Crippen LogP contribution >= 0.6 is 0 Å². The van der Waals surface area contributed by atoms with Gasteiger partial charge in [-0.15, -0.1) is 0 Å². The molecule has 2 heterocycles. The molecule has 0 saturated carbocycles.